The molecule has 0 saturated heterocycles. The molecule has 0 fully saturated rings. The van der Waals surface area contributed by atoms with E-state index in [1.807, 2.05) is 6.07 Å². The molecule has 17 heavy (non-hydrogen) atoms. The number of nitrogens with two attached hydrogens (primary N) is 1. The van der Waals surface area contributed by atoms with Gasteiger partial charge in [0.05, 0.1) is 6.26 Å². The van der Waals surface area contributed by atoms with Crippen LogP contribution in [0.2, 0.25) is 0 Å². The summed E-state index contributed by atoms with van der Waals surface area (Å²) in [6.07, 6.45) is 2.94. The quantitative estimate of drug-likeness (QED) is 0.680. The fourth-order valence-corrected chi connectivity index (χ4v) is 1.43. The first-order chi connectivity index (χ1) is 8.33. The van der Waals surface area contributed by atoms with Crippen molar-refractivity contribution in [2.75, 3.05) is 5.73 Å². The number of nitrogen functional groups attached to an aromatic ring is 1. The first-order valence-electron chi connectivity index (χ1n) is 4.87. The van der Waals surface area contributed by atoms with Gasteiger partial charge in [-0.2, -0.15) is 10.1 Å². The van der Waals surface area contributed by atoms with E-state index in [-0.39, 0.29) is 5.95 Å². The molecule has 0 bridgehead atoms. The van der Waals surface area contributed by atoms with Gasteiger partial charge in [-0.15, -0.1) is 0 Å². The second kappa shape index (κ2) is 3.71. The summed E-state index contributed by atoms with van der Waals surface area (Å²) in [6, 6.07) is 5.42. The fraction of sp³-hybridized carbons (Fsp3) is 0. The highest BCUT2D eigenvalue weighted by Gasteiger charge is 2.09. The highest BCUT2D eigenvalue weighted by atomic mass is 16.3. The van der Waals surface area contributed by atoms with Gasteiger partial charge in [0.15, 0.2) is 11.6 Å². The van der Waals surface area contributed by atoms with Crippen LogP contribution in [-0.2, 0) is 0 Å². The van der Waals surface area contributed by atoms with E-state index >= 15 is 0 Å². The van der Waals surface area contributed by atoms with Crippen LogP contribution in [0.5, 0.6) is 0 Å². The van der Waals surface area contributed by atoms with Crippen LogP contribution >= 0.6 is 0 Å². The van der Waals surface area contributed by atoms with Gasteiger partial charge in [-0.05, 0) is 18.2 Å². The van der Waals surface area contributed by atoms with Gasteiger partial charge in [0.1, 0.15) is 17.7 Å². The van der Waals surface area contributed by atoms with Crippen LogP contribution in [0, 0.1) is 0 Å². The summed E-state index contributed by atoms with van der Waals surface area (Å²) in [5, 5.41) is 6.93. The monoisotopic (exact) mass is 228 g/mol. The molecule has 0 aliphatic heterocycles. The van der Waals surface area contributed by atoms with Gasteiger partial charge < -0.3 is 10.2 Å². The van der Waals surface area contributed by atoms with Crippen molar-refractivity contribution in [2.24, 2.45) is 0 Å². The zero-order chi connectivity index (χ0) is 11.7. The van der Waals surface area contributed by atoms with Crippen molar-refractivity contribution in [2.45, 2.75) is 0 Å². The van der Waals surface area contributed by atoms with Gasteiger partial charge in [-0.1, -0.05) is 0 Å². The van der Waals surface area contributed by atoms with Gasteiger partial charge in [0.2, 0.25) is 5.95 Å². The summed E-state index contributed by atoms with van der Waals surface area (Å²) in [7, 11) is 0. The molecule has 3 aromatic rings. The predicted molar refractivity (Wildman–Crippen MR) is 59.5 cm³/mol. The van der Waals surface area contributed by atoms with Gasteiger partial charge in [-0.25, -0.2) is 9.97 Å². The molecule has 0 unspecified atom stereocenters. The summed E-state index contributed by atoms with van der Waals surface area (Å²) in [5.41, 5.74) is 6.82. The van der Waals surface area contributed by atoms with E-state index in [2.05, 4.69) is 25.1 Å². The van der Waals surface area contributed by atoms with Crippen molar-refractivity contribution in [3.8, 4) is 23.0 Å². The topological polar surface area (TPSA) is 107 Å². The number of aromatic amines is 1. The van der Waals surface area contributed by atoms with E-state index in [0.29, 0.717) is 17.3 Å². The number of H-pyrrole nitrogens is 1. The molecule has 0 spiro atoms. The number of aromatic nitrogens is 5. The molecule has 0 aliphatic carbocycles. The lowest BCUT2D eigenvalue weighted by molar-refractivity contribution is 0.580. The third-order valence-electron chi connectivity index (χ3n) is 2.18. The molecule has 3 aromatic heterocycles. The number of rotatable bonds is 2. The highest BCUT2D eigenvalue weighted by molar-refractivity contribution is 5.60. The minimum Gasteiger partial charge on any atom is -0.463 e. The lowest BCUT2D eigenvalue weighted by Crippen LogP contribution is -1.98. The number of hydrogen-bond donors (Lipinski definition) is 2. The lowest BCUT2D eigenvalue weighted by Gasteiger charge is -1.93. The van der Waals surface area contributed by atoms with E-state index < -0.39 is 0 Å². The van der Waals surface area contributed by atoms with Crippen molar-refractivity contribution < 1.29 is 4.42 Å². The summed E-state index contributed by atoms with van der Waals surface area (Å²) < 4.78 is 5.24. The van der Waals surface area contributed by atoms with Crippen LogP contribution in [-0.4, -0.2) is 25.1 Å². The van der Waals surface area contributed by atoms with Crippen molar-refractivity contribution >= 4 is 5.95 Å². The molecule has 3 heterocycles. The summed E-state index contributed by atoms with van der Waals surface area (Å²) >= 11 is 0. The van der Waals surface area contributed by atoms with Crippen molar-refractivity contribution in [3.63, 3.8) is 0 Å². The Morgan fingerprint density at radius 3 is 3.00 bits per heavy atom. The molecular formula is C10H8N6O. The smallest absolute Gasteiger partial charge is 0.223 e. The molecular weight excluding hydrogens is 220 g/mol. The van der Waals surface area contributed by atoms with Crippen molar-refractivity contribution in [3.05, 3.63) is 30.8 Å². The maximum Gasteiger partial charge on any atom is 0.223 e. The highest BCUT2D eigenvalue weighted by Crippen LogP contribution is 2.21. The van der Waals surface area contributed by atoms with Crippen LogP contribution in [0.25, 0.3) is 23.0 Å². The maximum absolute atomic E-state index is 5.48. The van der Waals surface area contributed by atoms with E-state index in [9.17, 15) is 0 Å². The normalized spacial score (nSPS) is 10.6. The van der Waals surface area contributed by atoms with E-state index in [4.69, 9.17) is 10.2 Å². The SMILES string of the molecule is Nc1ncnc(-c2cc(-c3ccco3)[nH]n2)n1. The molecule has 0 atom stereocenters. The number of anilines is 1. The Hall–Kier alpha value is -2.70. The Labute approximate surface area is 95.7 Å². The van der Waals surface area contributed by atoms with Gasteiger partial charge in [0, 0.05) is 0 Å². The Morgan fingerprint density at radius 1 is 1.29 bits per heavy atom. The predicted octanol–water partition coefficient (Wildman–Crippen LogP) is 1.10. The zero-order valence-corrected chi connectivity index (χ0v) is 8.66. The van der Waals surface area contributed by atoms with Crippen LogP contribution in [0.4, 0.5) is 5.95 Å². The number of hydrogen-bond acceptors (Lipinski definition) is 6. The van der Waals surface area contributed by atoms with Crippen molar-refractivity contribution in [1.82, 2.24) is 25.1 Å². The van der Waals surface area contributed by atoms with Gasteiger partial charge >= 0.3 is 0 Å². The second-order valence-corrected chi connectivity index (χ2v) is 3.31. The van der Waals surface area contributed by atoms with E-state index in [1.165, 1.54) is 6.33 Å². The number of furan rings is 1. The Balaban J connectivity index is 2.01. The Bertz CT molecular complexity index is 630. The average Bonchev–Trinajstić information content (AvgIpc) is 3.00. The maximum atomic E-state index is 5.48. The minimum absolute atomic E-state index is 0.164. The number of nitrogens with one attached hydrogen (secondary N) is 1. The first-order valence-corrected chi connectivity index (χ1v) is 4.87. The average molecular weight is 228 g/mol. The molecule has 0 aliphatic rings. The van der Waals surface area contributed by atoms with E-state index in [0.717, 1.165) is 5.69 Å². The fourth-order valence-electron chi connectivity index (χ4n) is 1.43. The molecule has 0 amide bonds. The van der Waals surface area contributed by atoms with E-state index in [1.54, 1.807) is 18.4 Å². The number of nitrogens with zero attached hydrogens (tertiary/aromatic N) is 4. The summed E-state index contributed by atoms with van der Waals surface area (Å²) in [6.45, 7) is 0. The third-order valence-corrected chi connectivity index (χ3v) is 2.18. The second-order valence-electron chi connectivity index (χ2n) is 3.31. The summed E-state index contributed by atoms with van der Waals surface area (Å²) in [4.78, 5) is 11.7. The Kier molecular flexibility index (Phi) is 2.08. The molecule has 0 radical (unpaired) electrons. The van der Waals surface area contributed by atoms with Crippen LogP contribution in [0.3, 0.4) is 0 Å². The molecule has 7 nitrogen and oxygen atoms in total. The zero-order valence-electron chi connectivity index (χ0n) is 8.66. The summed E-state index contributed by atoms with van der Waals surface area (Å²) in [5.74, 6) is 1.29. The molecule has 0 aromatic carbocycles. The first kappa shape index (κ1) is 9.52. The van der Waals surface area contributed by atoms with Crippen LogP contribution in [0.1, 0.15) is 0 Å². The van der Waals surface area contributed by atoms with Crippen LogP contribution in [0.15, 0.2) is 35.2 Å². The molecule has 3 N–H and O–H groups in total. The third kappa shape index (κ3) is 1.73. The largest absolute Gasteiger partial charge is 0.463 e. The minimum atomic E-state index is 0.164. The van der Waals surface area contributed by atoms with Gasteiger partial charge in [-0.3, -0.25) is 5.10 Å². The van der Waals surface area contributed by atoms with Gasteiger partial charge in [0.25, 0.3) is 0 Å². The lowest BCUT2D eigenvalue weighted by atomic mass is 10.3. The Morgan fingerprint density at radius 2 is 2.24 bits per heavy atom. The molecule has 7 heteroatoms. The van der Waals surface area contributed by atoms with Crippen LogP contribution < -0.4 is 5.73 Å². The molecule has 3 rings (SSSR count). The molecule has 84 valence electrons. The van der Waals surface area contributed by atoms with Crippen molar-refractivity contribution in [1.29, 1.82) is 0 Å². The standard InChI is InChI=1S/C10H8N6O/c11-10-13-5-12-9(14-10)7-4-6(15-16-7)8-2-1-3-17-8/h1-5H,(H,15,16)(H2,11,12,13,14). The molecule has 0 saturated carbocycles.